The van der Waals surface area contributed by atoms with E-state index in [0.717, 1.165) is 26.9 Å². The molecule has 0 aliphatic carbocycles. The Labute approximate surface area is 205 Å². The third-order valence-corrected chi connectivity index (χ3v) is 9.34. The van der Waals surface area contributed by atoms with Gasteiger partial charge >= 0.3 is 0 Å². The predicted octanol–water partition coefficient (Wildman–Crippen LogP) is 3.61. The topological polar surface area (TPSA) is 108 Å². The van der Waals surface area contributed by atoms with Crippen LogP contribution in [-0.4, -0.2) is 61.7 Å². The number of sulfonamides is 1. The van der Waals surface area contributed by atoms with Crippen molar-refractivity contribution < 1.29 is 18.0 Å². The smallest absolute Gasteiger partial charge is 0.262 e. The minimum Gasteiger partial charge on any atom is -0.339 e. The quantitative estimate of drug-likeness (QED) is 0.419. The molecule has 3 rings (SSSR count). The number of carbonyl (C=O) groups is 2. The van der Waals surface area contributed by atoms with Gasteiger partial charge in [-0.25, -0.2) is 17.7 Å². The molecule has 33 heavy (non-hydrogen) atoms. The van der Waals surface area contributed by atoms with Crippen molar-refractivity contribution in [3.63, 3.8) is 0 Å². The summed E-state index contributed by atoms with van der Waals surface area (Å²) in [5.41, 5.74) is 1.71. The Morgan fingerprint density at radius 1 is 1.15 bits per heavy atom. The van der Waals surface area contributed by atoms with Crippen molar-refractivity contribution in [2.45, 2.75) is 16.7 Å². The van der Waals surface area contributed by atoms with E-state index in [1.165, 1.54) is 37.6 Å². The van der Waals surface area contributed by atoms with Gasteiger partial charge in [0.2, 0.25) is 5.91 Å². The van der Waals surface area contributed by atoms with Crippen LogP contribution in [0, 0.1) is 0 Å². The zero-order valence-electron chi connectivity index (χ0n) is 18.3. The highest BCUT2D eigenvalue weighted by molar-refractivity contribution is 7.98. The maximum absolute atomic E-state index is 12.9. The molecule has 0 saturated heterocycles. The fourth-order valence-corrected chi connectivity index (χ4v) is 6.33. The number of aromatic nitrogens is 1. The van der Waals surface area contributed by atoms with Crippen LogP contribution < -0.4 is 10.6 Å². The van der Waals surface area contributed by atoms with Crippen molar-refractivity contribution in [3.8, 4) is 11.3 Å². The van der Waals surface area contributed by atoms with Crippen LogP contribution in [-0.2, 0) is 14.8 Å². The number of thioether (sulfide) groups is 1. The van der Waals surface area contributed by atoms with E-state index < -0.39 is 22.0 Å². The highest BCUT2D eigenvalue weighted by Gasteiger charge is 2.25. The van der Waals surface area contributed by atoms with Gasteiger partial charge in [0.05, 0.1) is 10.6 Å². The van der Waals surface area contributed by atoms with E-state index in [9.17, 15) is 18.0 Å². The maximum atomic E-state index is 12.9. The first-order chi connectivity index (χ1) is 15.7. The lowest BCUT2D eigenvalue weighted by atomic mass is 10.2. The summed E-state index contributed by atoms with van der Waals surface area (Å²) in [6.07, 6.45) is 2.34. The fourth-order valence-electron chi connectivity index (χ4n) is 2.76. The van der Waals surface area contributed by atoms with E-state index in [1.807, 2.05) is 42.0 Å². The maximum Gasteiger partial charge on any atom is 0.262 e. The van der Waals surface area contributed by atoms with Gasteiger partial charge in [-0.3, -0.25) is 9.59 Å². The van der Waals surface area contributed by atoms with Crippen LogP contribution in [0.1, 0.15) is 16.1 Å². The number of hydrogen-bond donors (Lipinski definition) is 2. The summed E-state index contributed by atoms with van der Waals surface area (Å²) in [5.74, 6) is -0.203. The summed E-state index contributed by atoms with van der Waals surface area (Å²) in [6, 6.07) is 11.7. The molecule has 0 saturated carbocycles. The van der Waals surface area contributed by atoms with E-state index in [4.69, 9.17) is 0 Å². The largest absolute Gasteiger partial charge is 0.339 e. The number of nitrogens with zero attached hydrogens (tertiary/aromatic N) is 2. The van der Waals surface area contributed by atoms with Crippen molar-refractivity contribution in [2.24, 2.45) is 0 Å². The number of hydrogen-bond acceptors (Lipinski definition) is 8. The number of thiazole rings is 1. The van der Waals surface area contributed by atoms with Gasteiger partial charge in [0.1, 0.15) is 10.3 Å². The van der Waals surface area contributed by atoms with Crippen LogP contribution in [0.2, 0.25) is 0 Å². The van der Waals surface area contributed by atoms with Crippen LogP contribution in [0.5, 0.6) is 0 Å². The summed E-state index contributed by atoms with van der Waals surface area (Å²) in [5, 5.41) is 7.83. The van der Waals surface area contributed by atoms with Crippen molar-refractivity contribution >= 4 is 61.4 Å². The van der Waals surface area contributed by atoms with Crippen molar-refractivity contribution in [3.05, 3.63) is 52.7 Å². The van der Waals surface area contributed by atoms with Crippen LogP contribution in [0.25, 0.3) is 11.3 Å². The van der Waals surface area contributed by atoms with E-state index in [2.05, 4.69) is 15.6 Å². The molecule has 1 unspecified atom stereocenters. The first kappa shape index (κ1) is 25.4. The standard InChI is InChI=1S/C21H24N4O4S4/c1-25(2)33(28,29)18-10-9-17(32-18)20(27)22-15(11-12-30-3)19(26)24-21-23-16(13-31-21)14-7-5-4-6-8-14/h4-10,13,15H,11-12H2,1-3H3,(H,22,27)(H,23,24,26). The van der Waals surface area contributed by atoms with E-state index in [1.54, 1.807) is 11.8 Å². The summed E-state index contributed by atoms with van der Waals surface area (Å²) < 4.78 is 25.7. The predicted molar refractivity (Wildman–Crippen MR) is 136 cm³/mol. The molecule has 0 spiro atoms. The lowest BCUT2D eigenvalue weighted by Crippen LogP contribution is -2.44. The monoisotopic (exact) mass is 524 g/mol. The molecule has 2 amide bonds. The van der Waals surface area contributed by atoms with Crippen LogP contribution in [0.15, 0.2) is 52.1 Å². The number of amides is 2. The Bertz CT molecular complexity index is 1210. The molecule has 1 aromatic carbocycles. The van der Waals surface area contributed by atoms with Gasteiger partial charge in [-0.1, -0.05) is 30.3 Å². The molecule has 0 radical (unpaired) electrons. The minimum absolute atomic E-state index is 0.0685. The second kappa shape index (κ2) is 11.3. The second-order valence-corrected chi connectivity index (χ2v) is 12.4. The number of carbonyl (C=O) groups excluding carboxylic acids is 2. The average Bonchev–Trinajstić information content (AvgIpc) is 3.47. The third kappa shape index (κ3) is 6.42. The average molecular weight is 525 g/mol. The first-order valence-corrected chi connectivity index (χ1v) is 14.4. The molecular weight excluding hydrogens is 501 g/mol. The normalized spacial score (nSPS) is 12.5. The lowest BCUT2D eigenvalue weighted by molar-refractivity contribution is -0.118. The summed E-state index contributed by atoms with van der Waals surface area (Å²) in [7, 11) is -0.768. The molecule has 0 aliphatic heterocycles. The SMILES string of the molecule is CSCCC(NC(=O)c1ccc(S(=O)(=O)N(C)C)s1)C(=O)Nc1nc(-c2ccccc2)cs1. The summed E-state index contributed by atoms with van der Waals surface area (Å²) in [6.45, 7) is 0. The Kier molecular flexibility index (Phi) is 8.65. The number of rotatable bonds is 10. The molecular formula is C21H24N4O4S4. The van der Waals surface area contributed by atoms with E-state index in [0.29, 0.717) is 17.3 Å². The zero-order valence-corrected chi connectivity index (χ0v) is 21.5. The van der Waals surface area contributed by atoms with Crippen LogP contribution in [0.4, 0.5) is 5.13 Å². The van der Waals surface area contributed by atoms with Gasteiger partial charge in [-0.15, -0.1) is 22.7 Å². The molecule has 0 bridgehead atoms. The highest BCUT2D eigenvalue weighted by atomic mass is 32.2. The molecule has 3 aromatic rings. The van der Waals surface area contributed by atoms with E-state index >= 15 is 0 Å². The molecule has 12 heteroatoms. The van der Waals surface area contributed by atoms with Crippen molar-refractivity contribution in [1.82, 2.24) is 14.6 Å². The Morgan fingerprint density at radius 3 is 2.55 bits per heavy atom. The number of anilines is 1. The molecule has 2 N–H and O–H groups in total. The number of nitrogens with one attached hydrogen (secondary N) is 2. The molecule has 8 nitrogen and oxygen atoms in total. The van der Waals surface area contributed by atoms with Gasteiger partial charge in [0.15, 0.2) is 5.13 Å². The van der Waals surface area contributed by atoms with Gasteiger partial charge in [-0.05, 0) is 30.6 Å². The lowest BCUT2D eigenvalue weighted by Gasteiger charge is -2.17. The van der Waals surface area contributed by atoms with Gasteiger partial charge in [-0.2, -0.15) is 11.8 Å². The molecule has 0 aliphatic rings. The Hall–Kier alpha value is -2.25. The zero-order chi connectivity index (χ0) is 24.0. The molecule has 0 fully saturated rings. The van der Waals surface area contributed by atoms with Gasteiger partial charge < -0.3 is 10.6 Å². The van der Waals surface area contributed by atoms with Gasteiger partial charge in [0.25, 0.3) is 15.9 Å². The molecule has 176 valence electrons. The molecule has 2 aromatic heterocycles. The fraction of sp³-hybridized carbons (Fsp3) is 0.286. The number of benzene rings is 1. The second-order valence-electron chi connectivity index (χ2n) is 7.11. The third-order valence-electron chi connectivity index (χ3n) is 4.58. The summed E-state index contributed by atoms with van der Waals surface area (Å²) >= 11 is 3.74. The molecule has 1 atom stereocenters. The highest BCUT2D eigenvalue weighted by Crippen LogP contribution is 2.26. The summed E-state index contributed by atoms with van der Waals surface area (Å²) in [4.78, 5) is 30.4. The first-order valence-electron chi connectivity index (χ1n) is 9.86. The number of thiophene rings is 1. The van der Waals surface area contributed by atoms with Crippen LogP contribution in [0.3, 0.4) is 0 Å². The van der Waals surface area contributed by atoms with Crippen molar-refractivity contribution in [2.75, 3.05) is 31.4 Å². The Balaban J connectivity index is 1.71. The minimum atomic E-state index is -3.63. The molecule has 2 heterocycles. The Morgan fingerprint density at radius 2 is 1.88 bits per heavy atom. The van der Waals surface area contributed by atoms with Crippen LogP contribution >= 0.6 is 34.4 Å². The van der Waals surface area contributed by atoms with Gasteiger partial charge in [0, 0.05) is 25.0 Å². The van der Waals surface area contributed by atoms with Crippen molar-refractivity contribution in [1.29, 1.82) is 0 Å². The van der Waals surface area contributed by atoms with E-state index in [-0.39, 0.29) is 15.0 Å².